The molecule has 1 heterocycles. The first-order valence-electron chi connectivity index (χ1n) is 6.19. The largest absolute Gasteiger partial charge is 0.278 e. The Morgan fingerprint density at radius 3 is 2.65 bits per heavy atom. The average molecular weight is 302 g/mol. The molecule has 0 radical (unpaired) electrons. The van der Waals surface area contributed by atoms with Gasteiger partial charge in [-0.05, 0) is 30.7 Å². The summed E-state index contributed by atoms with van der Waals surface area (Å²) in [5.74, 6) is 0. The van der Waals surface area contributed by atoms with E-state index < -0.39 is 0 Å². The van der Waals surface area contributed by atoms with E-state index in [1.165, 1.54) is 11.3 Å². The number of nitrogens with zero attached hydrogens (tertiary/aromatic N) is 1. The zero-order valence-corrected chi connectivity index (χ0v) is 12.4. The lowest BCUT2D eigenvalue weighted by molar-refractivity contribution is -0.106. The molecule has 100 valence electrons. The van der Waals surface area contributed by atoms with Crippen molar-refractivity contribution < 1.29 is 4.79 Å². The van der Waals surface area contributed by atoms with Crippen LogP contribution in [0.25, 0.3) is 10.1 Å². The topological polar surface area (TPSA) is 20.3 Å². The van der Waals surface area contributed by atoms with Gasteiger partial charge >= 0.3 is 0 Å². The third-order valence-electron chi connectivity index (χ3n) is 3.12. The van der Waals surface area contributed by atoms with E-state index in [0.717, 1.165) is 32.7 Å². The second-order valence-electron chi connectivity index (χ2n) is 4.53. The molecule has 20 heavy (non-hydrogen) atoms. The third-order valence-corrected chi connectivity index (χ3v) is 4.79. The van der Waals surface area contributed by atoms with Crippen molar-refractivity contribution in [2.24, 2.45) is 0 Å². The van der Waals surface area contributed by atoms with Crippen LogP contribution in [0.15, 0.2) is 48.5 Å². The zero-order valence-electron chi connectivity index (χ0n) is 10.8. The lowest BCUT2D eigenvalue weighted by Gasteiger charge is -2.16. The Morgan fingerprint density at radius 2 is 1.95 bits per heavy atom. The van der Waals surface area contributed by atoms with Crippen LogP contribution in [0.2, 0.25) is 5.02 Å². The fourth-order valence-electron chi connectivity index (χ4n) is 2.16. The number of benzene rings is 2. The van der Waals surface area contributed by atoms with Crippen molar-refractivity contribution in [2.75, 3.05) is 4.90 Å². The maximum atomic E-state index is 11.5. The van der Waals surface area contributed by atoms with Gasteiger partial charge in [0.2, 0.25) is 6.41 Å². The molecule has 1 aromatic heterocycles. The third kappa shape index (κ3) is 2.19. The minimum absolute atomic E-state index is 0.624. The first kappa shape index (κ1) is 13.2. The van der Waals surface area contributed by atoms with Crippen LogP contribution in [0, 0.1) is 6.92 Å². The van der Waals surface area contributed by atoms with Crippen LogP contribution in [0.1, 0.15) is 5.56 Å². The fraction of sp³-hybridized carbons (Fsp3) is 0.0625. The quantitative estimate of drug-likeness (QED) is 0.612. The van der Waals surface area contributed by atoms with E-state index in [1.807, 2.05) is 55.5 Å². The predicted octanol–water partition coefficient (Wildman–Crippen LogP) is 5.16. The molecule has 0 N–H and O–H groups in total. The number of anilines is 2. The van der Waals surface area contributed by atoms with E-state index in [-0.39, 0.29) is 0 Å². The monoisotopic (exact) mass is 301 g/mol. The van der Waals surface area contributed by atoms with Crippen LogP contribution in [-0.2, 0) is 4.79 Å². The maximum Gasteiger partial charge on any atom is 0.219 e. The molecule has 1 amide bonds. The molecule has 2 nitrogen and oxygen atoms in total. The Kier molecular flexibility index (Phi) is 3.47. The van der Waals surface area contributed by atoms with Gasteiger partial charge in [0.05, 0.1) is 5.02 Å². The minimum atomic E-state index is 0.624. The number of halogens is 1. The van der Waals surface area contributed by atoms with Crippen molar-refractivity contribution >= 4 is 50.1 Å². The molecule has 0 saturated carbocycles. The number of thiophene rings is 1. The second kappa shape index (κ2) is 5.27. The average Bonchev–Trinajstić information content (AvgIpc) is 2.78. The number of carbonyl (C=O) groups is 1. The summed E-state index contributed by atoms with van der Waals surface area (Å²) in [6.45, 7) is 2.00. The highest BCUT2D eigenvalue weighted by Crippen LogP contribution is 2.43. The van der Waals surface area contributed by atoms with Gasteiger partial charge in [-0.1, -0.05) is 41.9 Å². The van der Waals surface area contributed by atoms with E-state index in [4.69, 9.17) is 11.6 Å². The number of rotatable bonds is 3. The summed E-state index contributed by atoms with van der Waals surface area (Å²) in [5.41, 5.74) is 1.93. The molecule has 0 aliphatic heterocycles. The summed E-state index contributed by atoms with van der Waals surface area (Å²) in [5, 5.41) is 2.36. The Hall–Kier alpha value is -1.84. The van der Waals surface area contributed by atoms with Crippen molar-refractivity contribution in [1.82, 2.24) is 0 Å². The van der Waals surface area contributed by atoms with E-state index in [9.17, 15) is 4.79 Å². The van der Waals surface area contributed by atoms with Crippen molar-refractivity contribution in [2.45, 2.75) is 6.92 Å². The minimum Gasteiger partial charge on any atom is -0.278 e. The van der Waals surface area contributed by atoms with Crippen LogP contribution >= 0.6 is 22.9 Å². The van der Waals surface area contributed by atoms with Crippen LogP contribution in [0.4, 0.5) is 10.7 Å². The van der Waals surface area contributed by atoms with E-state index in [0.29, 0.717) is 5.02 Å². The van der Waals surface area contributed by atoms with Gasteiger partial charge < -0.3 is 0 Å². The van der Waals surface area contributed by atoms with Gasteiger partial charge in [-0.3, -0.25) is 9.69 Å². The van der Waals surface area contributed by atoms with E-state index >= 15 is 0 Å². The second-order valence-corrected chi connectivity index (χ2v) is 5.94. The first-order chi connectivity index (χ1) is 9.70. The number of aryl methyl sites for hydroxylation is 1. The van der Waals surface area contributed by atoms with Gasteiger partial charge in [-0.15, -0.1) is 11.3 Å². The predicted molar refractivity (Wildman–Crippen MR) is 86.2 cm³/mol. The standard InChI is InChI=1S/C16H12ClNOS/c1-11-5-4-6-12(9-11)18(10-19)16-15(17)13-7-2-3-8-14(13)20-16/h2-10H,1H3. The normalized spacial score (nSPS) is 10.7. The summed E-state index contributed by atoms with van der Waals surface area (Å²) < 4.78 is 1.08. The summed E-state index contributed by atoms with van der Waals surface area (Å²) in [7, 11) is 0. The summed E-state index contributed by atoms with van der Waals surface area (Å²) in [6, 6.07) is 15.7. The number of carbonyl (C=O) groups excluding carboxylic acids is 1. The summed E-state index contributed by atoms with van der Waals surface area (Å²) in [4.78, 5) is 13.1. The molecule has 0 bridgehead atoms. The lowest BCUT2D eigenvalue weighted by Crippen LogP contribution is -2.12. The van der Waals surface area contributed by atoms with E-state index in [2.05, 4.69) is 0 Å². The van der Waals surface area contributed by atoms with Gasteiger partial charge in [-0.2, -0.15) is 0 Å². The van der Waals surface area contributed by atoms with Crippen LogP contribution in [-0.4, -0.2) is 6.41 Å². The highest BCUT2D eigenvalue weighted by molar-refractivity contribution is 7.23. The smallest absolute Gasteiger partial charge is 0.219 e. The molecular weight excluding hydrogens is 290 g/mol. The SMILES string of the molecule is Cc1cccc(N(C=O)c2sc3ccccc3c2Cl)c1. The van der Waals surface area contributed by atoms with Crippen molar-refractivity contribution in [3.63, 3.8) is 0 Å². The number of amides is 1. The molecule has 2 aromatic carbocycles. The van der Waals surface area contributed by atoms with Gasteiger partial charge in [0, 0.05) is 15.8 Å². The maximum absolute atomic E-state index is 11.5. The van der Waals surface area contributed by atoms with Gasteiger partial charge in [0.15, 0.2) is 0 Å². The Labute approximate surface area is 126 Å². The highest BCUT2D eigenvalue weighted by Gasteiger charge is 2.17. The summed E-state index contributed by atoms with van der Waals surface area (Å²) in [6.07, 6.45) is 0.811. The number of hydrogen-bond donors (Lipinski definition) is 0. The lowest BCUT2D eigenvalue weighted by atomic mass is 10.2. The van der Waals surface area contributed by atoms with Crippen LogP contribution < -0.4 is 4.90 Å². The Bertz CT molecular complexity index is 781. The van der Waals surface area contributed by atoms with Crippen molar-refractivity contribution in [3.8, 4) is 0 Å². The molecule has 3 rings (SSSR count). The fourth-order valence-corrected chi connectivity index (χ4v) is 3.67. The molecule has 0 aliphatic rings. The molecule has 3 aromatic rings. The molecule has 0 aliphatic carbocycles. The molecular formula is C16H12ClNOS. The molecule has 0 saturated heterocycles. The first-order valence-corrected chi connectivity index (χ1v) is 7.38. The molecule has 0 spiro atoms. The van der Waals surface area contributed by atoms with Crippen LogP contribution in [0.3, 0.4) is 0 Å². The number of fused-ring (bicyclic) bond motifs is 1. The Balaban J connectivity index is 2.17. The van der Waals surface area contributed by atoms with E-state index in [1.54, 1.807) is 4.90 Å². The van der Waals surface area contributed by atoms with Crippen molar-refractivity contribution in [1.29, 1.82) is 0 Å². The summed E-state index contributed by atoms with van der Waals surface area (Å²) >= 11 is 7.95. The van der Waals surface area contributed by atoms with Crippen LogP contribution in [0.5, 0.6) is 0 Å². The molecule has 0 atom stereocenters. The van der Waals surface area contributed by atoms with Gasteiger partial charge in [0.25, 0.3) is 0 Å². The number of hydrogen-bond acceptors (Lipinski definition) is 2. The highest BCUT2D eigenvalue weighted by atomic mass is 35.5. The molecule has 4 heteroatoms. The molecule has 0 unspecified atom stereocenters. The Morgan fingerprint density at radius 1 is 1.15 bits per heavy atom. The molecule has 0 fully saturated rings. The zero-order chi connectivity index (χ0) is 14.1. The van der Waals surface area contributed by atoms with Gasteiger partial charge in [-0.25, -0.2) is 0 Å². The van der Waals surface area contributed by atoms with Gasteiger partial charge in [0.1, 0.15) is 5.00 Å². The van der Waals surface area contributed by atoms with Crippen molar-refractivity contribution in [3.05, 3.63) is 59.1 Å².